The molecule has 1 aromatic heterocycles. The Balaban J connectivity index is 1.47. The third-order valence-electron chi connectivity index (χ3n) is 4.84. The van der Waals surface area contributed by atoms with Crippen molar-refractivity contribution in [2.75, 3.05) is 37.2 Å². The van der Waals surface area contributed by atoms with Crippen LogP contribution in [0.3, 0.4) is 0 Å². The van der Waals surface area contributed by atoms with E-state index in [0.717, 1.165) is 49.6 Å². The first-order valence-corrected chi connectivity index (χ1v) is 10.5. The molecule has 3 heterocycles. The van der Waals surface area contributed by atoms with Crippen LogP contribution in [0.15, 0.2) is 18.2 Å². The molecule has 1 fully saturated rings. The fourth-order valence-corrected chi connectivity index (χ4v) is 4.69. The number of fused-ring (bicyclic) bond motifs is 1. The van der Waals surface area contributed by atoms with Gasteiger partial charge in [0.1, 0.15) is 5.82 Å². The number of alkyl halides is 3. The third kappa shape index (κ3) is 5.09. The Bertz CT molecular complexity index is 921. The van der Waals surface area contributed by atoms with E-state index in [1.54, 1.807) is 12.1 Å². The Morgan fingerprint density at radius 2 is 1.90 bits per heavy atom. The van der Waals surface area contributed by atoms with Crippen LogP contribution in [0, 0.1) is 0 Å². The van der Waals surface area contributed by atoms with Gasteiger partial charge in [0.25, 0.3) is 0 Å². The zero-order valence-corrected chi connectivity index (χ0v) is 17.5. The average Bonchev–Trinajstić information content (AvgIpc) is 3.08. The van der Waals surface area contributed by atoms with Crippen LogP contribution in [0.1, 0.15) is 22.4 Å². The molecule has 0 atom stereocenters. The van der Waals surface area contributed by atoms with E-state index in [-0.39, 0.29) is 17.5 Å². The smallest absolute Gasteiger partial charge is 0.399 e. The second-order valence-corrected chi connectivity index (χ2v) is 8.67. The molecule has 30 heavy (non-hydrogen) atoms. The van der Waals surface area contributed by atoms with Crippen LogP contribution in [-0.2, 0) is 25.8 Å². The minimum absolute atomic E-state index is 0.0613. The lowest BCUT2D eigenvalue weighted by Gasteiger charge is -2.29. The zero-order valence-electron chi connectivity index (χ0n) is 16.0. The summed E-state index contributed by atoms with van der Waals surface area (Å²) < 4.78 is 43.6. The highest BCUT2D eigenvalue weighted by atomic mass is 35.5. The first kappa shape index (κ1) is 21.4. The minimum atomic E-state index is -4.45. The van der Waals surface area contributed by atoms with Gasteiger partial charge in [0.15, 0.2) is 0 Å². The molecule has 0 bridgehead atoms. The summed E-state index contributed by atoms with van der Waals surface area (Å²) in [5.41, 5.74) is 7.08. The SMILES string of the molecule is Nc1cc(CNc2nc(Cl)nc3c2CN(SN2CCNCC2)C3)cc(C(F)(F)F)c1. The van der Waals surface area contributed by atoms with Crippen LogP contribution < -0.4 is 16.4 Å². The van der Waals surface area contributed by atoms with Crippen molar-refractivity contribution < 1.29 is 13.2 Å². The summed E-state index contributed by atoms with van der Waals surface area (Å²) in [6, 6.07) is 3.52. The molecule has 2 aliphatic rings. The zero-order chi connectivity index (χ0) is 21.3. The first-order valence-electron chi connectivity index (χ1n) is 9.42. The topological polar surface area (TPSA) is 82.3 Å². The molecule has 1 saturated heterocycles. The van der Waals surface area contributed by atoms with Crippen LogP contribution in [0.5, 0.6) is 0 Å². The van der Waals surface area contributed by atoms with Gasteiger partial charge in [0, 0.05) is 62.7 Å². The van der Waals surface area contributed by atoms with Crippen molar-refractivity contribution >= 4 is 35.2 Å². The summed E-state index contributed by atoms with van der Waals surface area (Å²) in [5, 5.41) is 6.54. The van der Waals surface area contributed by atoms with Crippen LogP contribution in [0.25, 0.3) is 0 Å². The Hall–Kier alpha value is -1.79. The van der Waals surface area contributed by atoms with Crippen LogP contribution >= 0.6 is 23.7 Å². The first-order chi connectivity index (χ1) is 14.3. The fraction of sp³-hybridized carbons (Fsp3) is 0.444. The second kappa shape index (κ2) is 8.75. The van der Waals surface area contributed by atoms with Gasteiger partial charge < -0.3 is 16.4 Å². The number of nitrogens with two attached hydrogens (primary N) is 1. The molecule has 4 N–H and O–H groups in total. The second-order valence-electron chi connectivity index (χ2n) is 7.14. The van der Waals surface area contributed by atoms with Gasteiger partial charge in [-0.25, -0.2) is 18.6 Å². The van der Waals surface area contributed by atoms with Gasteiger partial charge in [-0.05, 0) is 35.4 Å². The van der Waals surface area contributed by atoms with Gasteiger partial charge in [0.05, 0.1) is 17.8 Å². The molecule has 2 aliphatic heterocycles. The maximum atomic E-state index is 13.0. The third-order valence-corrected chi connectivity index (χ3v) is 6.09. The summed E-state index contributed by atoms with van der Waals surface area (Å²) in [5.74, 6) is 0.532. The van der Waals surface area contributed by atoms with Crippen LogP contribution in [0.2, 0.25) is 5.28 Å². The molecule has 2 aromatic rings. The molecule has 162 valence electrons. The lowest BCUT2D eigenvalue weighted by molar-refractivity contribution is -0.137. The molecular formula is C18H21ClF3N7S. The van der Waals surface area contributed by atoms with Gasteiger partial charge in [-0.1, -0.05) is 0 Å². The molecule has 0 unspecified atom stereocenters. The summed E-state index contributed by atoms with van der Waals surface area (Å²) in [7, 11) is 0. The monoisotopic (exact) mass is 459 g/mol. The summed E-state index contributed by atoms with van der Waals surface area (Å²) in [6.45, 7) is 5.18. The molecule has 0 spiro atoms. The fourth-order valence-electron chi connectivity index (χ4n) is 3.46. The number of piperazine rings is 1. The lowest BCUT2D eigenvalue weighted by atomic mass is 10.1. The van der Waals surface area contributed by atoms with E-state index in [4.69, 9.17) is 17.3 Å². The number of anilines is 2. The van der Waals surface area contributed by atoms with Crippen molar-refractivity contribution in [3.8, 4) is 0 Å². The van der Waals surface area contributed by atoms with E-state index >= 15 is 0 Å². The summed E-state index contributed by atoms with van der Waals surface area (Å²) in [4.78, 5) is 8.60. The molecule has 0 radical (unpaired) electrons. The quantitative estimate of drug-likeness (QED) is 0.357. The number of benzene rings is 1. The number of rotatable bonds is 5. The van der Waals surface area contributed by atoms with E-state index in [1.807, 2.05) is 0 Å². The molecule has 12 heteroatoms. The minimum Gasteiger partial charge on any atom is -0.399 e. The van der Waals surface area contributed by atoms with E-state index < -0.39 is 11.7 Å². The number of hydrogen-bond acceptors (Lipinski definition) is 8. The van der Waals surface area contributed by atoms with E-state index in [0.29, 0.717) is 24.5 Å². The Morgan fingerprint density at radius 3 is 2.63 bits per heavy atom. The molecule has 1 aromatic carbocycles. The standard InChI is InChI=1S/C18H21ClF3N7S/c19-17-26-15-10-29(30-28-3-1-24-2-4-28)9-14(15)16(27-17)25-8-11-5-12(18(20,21)22)7-13(23)6-11/h5-7,24H,1-4,8-10,23H2,(H,25,26,27). The number of nitrogens with zero attached hydrogens (tertiary/aromatic N) is 4. The summed E-state index contributed by atoms with van der Waals surface area (Å²) >= 11 is 7.75. The number of hydrogen-bond donors (Lipinski definition) is 3. The summed E-state index contributed by atoms with van der Waals surface area (Å²) in [6.07, 6.45) is -4.45. The highest BCUT2D eigenvalue weighted by Crippen LogP contribution is 2.34. The van der Waals surface area contributed by atoms with Gasteiger partial charge in [-0.2, -0.15) is 13.2 Å². The van der Waals surface area contributed by atoms with Gasteiger partial charge in [-0.3, -0.25) is 0 Å². The van der Waals surface area contributed by atoms with Crippen molar-refractivity contribution in [3.05, 3.63) is 45.9 Å². The van der Waals surface area contributed by atoms with Crippen molar-refractivity contribution in [2.24, 2.45) is 0 Å². The highest BCUT2D eigenvalue weighted by molar-refractivity contribution is 7.94. The molecular weight excluding hydrogens is 439 g/mol. The number of nitrogen functional groups attached to an aromatic ring is 1. The molecule has 0 amide bonds. The molecule has 0 aliphatic carbocycles. The van der Waals surface area contributed by atoms with Gasteiger partial charge in [-0.15, -0.1) is 0 Å². The Labute approximate surface area is 181 Å². The van der Waals surface area contributed by atoms with Gasteiger partial charge >= 0.3 is 6.18 Å². The number of nitrogens with one attached hydrogen (secondary N) is 2. The average molecular weight is 460 g/mol. The Morgan fingerprint density at radius 1 is 1.13 bits per heavy atom. The largest absolute Gasteiger partial charge is 0.416 e. The normalized spacial score (nSPS) is 17.9. The van der Waals surface area contributed by atoms with Crippen molar-refractivity contribution in [1.29, 1.82) is 0 Å². The number of halogens is 4. The Kier molecular flexibility index (Phi) is 6.26. The van der Waals surface area contributed by atoms with Crippen LogP contribution in [0.4, 0.5) is 24.7 Å². The predicted octanol–water partition coefficient (Wildman–Crippen LogP) is 3.13. The van der Waals surface area contributed by atoms with E-state index in [2.05, 4.69) is 29.2 Å². The number of aromatic nitrogens is 2. The van der Waals surface area contributed by atoms with Gasteiger partial charge in [0.2, 0.25) is 5.28 Å². The van der Waals surface area contributed by atoms with Crippen molar-refractivity contribution in [1.82, 2.24) is 23.9 Å². The van der Waals surface area contributed by atoms with Crippen LogP contribution in [-0.4, -0.2) is 44.8 Å². The predicted molar refractivity (Wildman–Crippen MR) is 112 cm³/mol. The molecule has 7 nitrogen and oxygen atoms in total. The van der Waals surface area contributed by atoms with E-state index in [9.17, 15) is 13.2 Å². The highest BCUT2D eigenvalue weighted by Gasteiger charge is 2.31. The van der Waals surface area contributed by atoms with E-state index in [1.165, 1.54) is 6.07 Å². The maximum absolute atomic E-state index is 13.0. The van der Waals surface area contributed by atoms with Crippen molar-refractivity contribution in [2.45, 2.75) is 25.8 Å². The molecule has 4 rings (SSSR count). The molecule has 0 saturated carbocycles. The van der Waals surface area contributed by atoms with Crippen molar-refractivity contribution in [3.63, 3.8) is 0 Å². The maximum Gasteiger partial charge on any atom is 0.416 e. The lowest BCUT2D eigenvalue weighted by Crippen LogP contribution is -2.41.